The molecule has 0 aliphatic heterocycles. The second-order valence-electron chi connectivity index (χ2n) is 4.76. The van der Waals surface area contributed by atoms with Crippen molar-refractivity contribution in [1.82, 2.24) is 15.3 Å². The number of rotatable bonds is 6. The van der Waals surface area contributed by atoms with Gasteiger partial charge in [0.1, 0.15) is 0 Å². The number of nitrogens with zero attached hydrogens (tertiary/aromatic N) is 2. The van der Waals surface area contributed by atoms with E-state index in [1.807, 2.05) is 24.4 Å². The van der Waals surface area contributed by atoms with Gasteiger partial charge in [0.2, 0.25) is 0 Å². The summed E-state index contributed by atoms with van der Waals surface area (Å²) in [6.07, 6.45) is 2.66. The molecule has 0 saturated heterocycles. The molecule has 3 nitrogen and oxygen atoms in total. The molecule has 2 rings (SSSR count). The monoisotopic (exact) mass is 261 g/mol. The summed E-state index contributed by atoms with van der Waals surface area (Å²) in [5.41, 5.74) is 2.21. The van der Waals surface area contributed by atoms with Gasteiger partial charge in [0, 0.05) is 30.2 Å². The standard InChI is InChI=1S/C14H19N3S/c1-11(2)8-15-9-13-10-18-14(17-13)7-12-5-3-4-6-16-12/h3-6,10-11,15H,7-9H2,1-2H3. The Morgan fingerprint density at radius 1 is 1.28 bits per heavy atom. The first kappa shape index (κ1) is 13.2. The van der Waals surface area contributed by atoms with Gasteiger partial charge in [0.15, 0.2) is 0 Å². The lowest BCUT2D eigenvalue weighted by Crippen LogP contribution is -2.19. The molecule has 0 unspecified atom stereocenters. The predicted molar refractivity (Wildman–Crippen MR) is 75.7 cm³/mol. The summed E-state index contributed by atoms with van der Waals surface area (Å²) in [6, 6.07) is 5.99. The summed E-state index contributed by atoms with van der Waals surface area (Å²) in [6.45, 7) is 6.31. The van der Waals surface area contributed by atoms with Crippen molar-refractivity contribution in [1.29, 1.82) is 0 Å². The molecule has 0 atom stereocenters. The molecule has 0 saturated carbocycles. The van der Waals surface area contributed by atoms with Crippen LogP contribution in [-0.2, 0) is 13.0 Å². The van der Waals surface area contributed by atoms with Crippen molar-refractivity contribution in [3.8, 4) is 0 Å². The van der Waals surface area contributed by atoms with Crippen LogP contribution < -0.4 is 5.32 Å². The van der Waals surface area contributed by atoms with Crippen molar-refractivity contribution in [3.63, 3.8) is 0 Å². The first-order valence-corrected chi connectivity index (χ1v) is 7.16. The fourth-order valence-corrected chi connectivity index (χ4v) is 2.47. The highest BCUT2D eigenvalue weighted by atomic mass is 32.1. The van der Waals surface area contributed by atoms with Gasteiger partial charge in [-0.2, -0.15) is 0 Å². The predicted octanol–water partition coefficient (Wildman–Crippen LogP) is 2.87. The van der Waals surface area contributed by atoms with Gasteiger partial charge in [-0.25, -0.2) is 4.98 Å². The Hall–Kier alpha value is -1.26. The molecule has 18 heavy (non-hydrogen) atoms. The zero-order valence-corrected chi connectivity index (χ0v) is 11.7. The summed E-state index contributed by atoms with van der Waals surface area (Å²) in [5.74, 6) is 0.677. The molecule has 0 aliphatic carbocycles. The minimum absolute atomic E-state index is 0.677. The molecular formula is C14H19N3S. The Kier molecular flexibility index (Phi) is 4.84. The smallest absolute Gasteiger partial charge is 0.0988 e. The van der Waals surface area contributed by atoms with Crippen LogP contribution in [0.25, 0.3) is 0 Å². The van der Waals surface area contributed by atoms with E-state index >= 15 is 0 Å². The van der Waals surface area contributed by atoms with Gasteiger partial charge in [-0.1, -0.05) is 19.9 Å². The van der Waals surface area contributed by atoms with E-state index in [1.165, 1.54) is 0 Å². The topological polar surface area (TPSA) is 37.8 Å². The van der Waals surface area contributed by atoms with Crippen molar-refractivity contribution >= 4 is 11.3 Å². The first-order chi connectivity index (χ1) is 8.74. The average Bonchev–Trinajstić information content (AvgIpc) is 2.78. The summed E-state index contributed by atoms with van der Waals surface area (Å²) in [5, 5.41) is 6.67. The molecule has 0 aliphatic rings. The molecule has 0 aromatic carbocycles. The summed E-state index contributed by atoms with van der Waals surface area (Å²) in [7, 11) is 0. The third kappa shape index (κ3) is 4.20. The van der Waals surface area contributed by atoms with Gasteiger partial charge in [-0.05, 0) is 24.6 Å². The number of hydrogen-bond donors (Lipinski definition) is 1. The lowest BCUT2D eigenvalue weighted by Gasteiger charge is -2.04. The molecular weight excluding hydrogens is 242 g/mol. The Morgan fingerprint density at radius 3 is 2.89 bits per heavy atom. The zero-order valence-electron chi connectivity index (χ0n) is 10.9. The SMILES string of the molecule is CC(C)CNCc1csc(Cc2ccccn2)n1. The van der Waals surface area contributed by atoms with E-state index in [-0.39, 0.29) is 0 Å². The van der Waals surface area contributed by atoms with Crippen LogP contribution in [0.2, 0.25) is 0 Å². The van der Waals surface area contributed by atoms with Crippen LogP contribution in [-0.4, -0.2) is 16.5 Å². The highest BCUT2D eigenvalue weighted by molar-refractivity contribution is 7.09. The molecule has 0 fully saturated rings. The number of thiazole rings is 1. The molecule has 2 aromatic heterocycles. The maximum absolute atomic E-state index is 4.62. The minimum atomic E-state index is 0.677. The maximum atomic E-state index is 4.62. The van der Waals surface area contributed by atoms with E-state index in [1.54, 1.807) is 11.3 Å². The van der Waals surface area contributed by atoms with Crippen LogP contribution in [0.1, 0.15) is 30.2 Å². The first-order valence-electron chi connectivity index (χ1n) is 6.28. The van der Waals surface area contributed by atoms with Crippen molar-refractivity contribution in [2.75, 3.05) is 6.54 Å². The summed E-state index contributed by atoms with van der Waals surface area (Å²) < 4.78 is 0. The second kappa shape index (κ2) is 6.61. The normalized spacial score (nSPS) is 11.1. The quantitative estimate of drug-likeness (QED) is 0.869. The molecule has 0 bridgehead atoms. The summed E-state index contributed by atoms with van der Waals surface area (Å²) in [4.78, 5) is 8.94. The Labute approximate surface area is 112 Å². The molecule has 2 aromatic rings. The average molecular weight is 261 g/mol. The highest BCUT2D eigenvalue weighted by Crippen LogP contribution is 2.13. The highest BCUT2D eigenvalue weighted by Gasteiger charge is 2.04. The molecule has 96 valence electrons. The van der Waals surface area contributed by atoms with Gasteiger partial charge in [0.05, 0.1) is 10.7 Å². The minimum Gasteiger partial charge on any atom is -0.311 e. The van der Waals surface area contributed by atoms with Gasteiger partial charge in [0.25, 0.3) is 0 Å². The van der Waals surface area contributed by atoms with Gasteiger partial charge in [-0.3, -0.25) is 4.98 Å². The van der Waals surface area contributed by atoms with Gasteiger partial charge in [-0.15, -0.1) is 11.3 Å². The van der Waals surface area contributed by atoms with Crippen LogP contribution in [0.4, 0.5) is 0 Å². The van der Waals surface area contributed by atoms with Crippen LogP contribution in [0.3, 0.4) is 0 Å². The van der Waals surface area contributed by atoms with Crippen molar-refractivity contribution < 1.29 is 0 Å². The molecule has 1 N–H and O–H groups in total. The largest absolute Gasteiger partial charge is 0.311 e. The van der Waals surface area contributed by atoms with E-state index in [2.05, 4.69) is 34.5 Å². The van der Waals surface area contributed by atoms with Crippen molar-refractivity contribution in [3.05, 3.63) is 46.2 Å². The number of pyridine rings is 1. The fraction of sp³-hybridized carbons (Fsp3) is 0.429. The Morgan fingerprint density at radius 2 is 2.17 bits per heavy atom. The molecule has 4 heteroatoms. The Bertz CT molecular complexity index is 465. The zero-order chi connectivity index (χ0) is 12.8. The van der Waals surface area contributed by atoms with E-state index in [0.717, 1.165) is 35.9 Å². The van der Waals surface area contributed by atoms with Gasteiger partial charge >= 0.3 is 0 Å². The molecule has 0 radical (unpaired) electrons. The van der Waals surface area contributed by atoms with Crippen LogP contribution in [0.15, 0.2) is 29.8 Å². The fourth-order valence-electron chi connectivity index (χ4n) is 1.66. The van der Waals surface area contributed by atoms with Crippen molar-refractivity contribution in [2.45, 2.75) is 26.8 Å². The van der Waals surface area contributed by atoms with Crippen LogP contribution in [0.5, 0.6) is 0 Å². The lowest BCUT2D eigenvalue weighted by molar-refractivity contribution is 0.549. The number of nitrogens with one attached hydrogen (secondary N) is 1. The van der Waals surface area contributed by atoms with E-state index in [9.17, 15) is 0 Å². The number of hydrogen-bond acceptors (Lipinski definition) is 4. The second-order valence-corrected chi connectivity index (χ2v) is 5.70. The third-order valence-electron chi connectivity index (χ3n) is 2.52. The van der Waals surface area contributed by atoms with E-state index < -0.39 is 0 Å². The van der Waals surface area contributed by atoms with Crippen molar-refractivity contribution in [2.24, 2.45) is 5.92 Å². The van der Waals surface area contributed by atoms with Crippen LogP contribution >= 0.6 is 11.3 Å². The summed E-state index contributed by atoms with van der Waals surface area (Å²) >= 11 is 1.71. The van der Waals surface area contributed by atoms with E-state index in [4.69, 9.17) is 0 Å². The van der Waals surface area contributed by atoms with E-state index in [0.29, 0.717) is 5.92 Å². The third-order valence-corrected chi connectivity index (χ3v) is 3.41. The maximum Gasteiger partial charge on any atom is 0.0988 e. The van der Waals surface area contributed by atoms with Crippen LogP contribution in [0, 0.1) is 5.92 Å². The lowest BCUT2D eigenvalue weighted by atomic mass is 10.2. The number of aromatic nitrogens is 2. The Balaban J connectivity index is 1.86. The van der Waals surface area contributed by atoms with Gasteiger partial charge < -0.3 is 5.32 Å². The molecule has 0 spiro atoms. The molecule has 0 amide bonds. The molecule has 2 heterocycles.